The number of H-pyrrole nitrogens is 2. The summed E-state index contributed by atoms with van der Waals surface area (Å²) in [7, 11) is 2.06. The molecule has 0 radical (unpaired) electrons. The minimum absolute atomic E-state index is 0.200. The summed E-state index contributed by atoms with van der Waals surface area (Å²) in [6.07, 6.45) is 5.71. The number of nitrogens with zero attached hydrogens (tertiary/aromatic N) is 3. The number of aliphatic hydroxyl groups excluding tert-OH is 1. The van der Waals surface area contributed by atoms with E-state index in [0.29, 0.717) is 6.54 Å². The minimum Gasteiger partial charge on any atom is -0.457 e. The average Bonchev–Trinajstić information content (AvgIpc) is 3.44. The molecule has 2 atom stereocenters. The maximum atomic E-state index is 10.3. The molecule has 1 aliphatic carbocycles. The first kappa shape index (κ1) is 19.8. The Kier molecular flexibility index (Phi) is 5.44. The third kappa shape index (κ3) is 4.33. The van der Waals surface area contributed by atoms with E-state index in [4.69, 9.17) is 9.72 Å². The second-order valence-electron chi connectivity index (χ2n) is 8.29. The number of aliphatic hydroxyl groups is 1. The molecule has 0 bridgehead atoms. The van der Waals surface area contributed by atoms with Gasteiger partial charge in [-0.3, -0.25) is 10.00 Å². The molecule has 1 fully saturated rings. The summed E-state index contributed by atoms with van der Waals surface area (Å²) < 4.78 is 6.04. The van der Waals surface area contributed by atoms with Crippen LogP contribution in [0.2, 0.25) is 0 Å². The van der Waals surface area contributed by atoms with Gasteiger partial charge in [-0.1, -0.05) is 12.8 Å². The summed E-state index contributed by atoms with van der Waals surface area (Å²) in [5.41, 5.74) is 3.89. The Labute approximate surface area is 181 Å². The van der Waals surface area contributed by atoms with Gasteiger partial charge in [-0.25, -0.2) is 4.98 Å². The number of fused-ring (bicyclic) bond motifs is 1. The molecule has 1 saturated carbocycles. The number of benzene rings is 2. The molecule has 0 spiro atoms. The molecule has 5 rings (SSSR count). The van der Waals surface area contributed by atoms with E-state index in [0.717, 1.165) is 58.9 Å². The number of hydrogen-bond donors (Lipinski definition) is 3. The maximum absolute atomic E-state index is 10.3. The monoisotopic (exact) mass is 417 g/mol. The normalized spacial score (nSPS) is 19.2. The number of nitrogens with one attached hydrogen (secondary N) is 2. The molecule has 2 aromatic carbocycles. The molecule has 0 unspecified atom stereocenters. The maximum Gasteiger partial charge on any atom is 0.129 e. The van der Waals surface area contributed by atoms with Crippen molar-refractivity contribution in [1.82, 2.24) is 25.1 Å². The van der Waals surface area contributed by atoms with Crippen molar-refractivity contribution < 1.29 is 9.84 Å². The van der Waals surface area contributed by atoms with Crippen LogP contribution in [0.3, 0.4) is 0 Å². The van der Waals surface area contributed by atoms with Gasteiger partial charge in [0.15, 0.2) is 0 Å². The van der Waals surface area contributed by atoms with Gasteiger partial charge >= 0.3 is 0 Å². The van der Waals surface area contributed by atoms with E-state index in [1.807, 2.05) is 48.5 Å². The van der Waals surface area contributed by atoms with Crippen LogP contribution < -0.4 is 4.74 Å². The third-order valence-corrected chi connectivity index (χ3v) is 6.06. The van der Waals surface area contributed by atoms with Crippen molar-refractivity contribution >= 4 is 11.0 Å². The van der Waals surface area contributed by atoms with Gasteiger partial charge in [-0.05, 0) is 67.9 Å². The first-order valence-electron chi connectivity index (χ1n) is 10.8. The van der Waals surface area contributed by atoms with E-state index >= 15 is 0 Å². The Balaban J connectivity index is 1.28. The summed E-state index contributed by atoms with van der Waals surface area (Å²) in [6, 6.07) is 15.9. The molecule has 4 aromatic rings. The van der Waals surface area contributed by atoms with E-state index in [1.54, 1.807) is 6.20 Å². The molecule has 2 aromatic heterocycles. The van der Waals surface area contributed by atoms with Crippen molar-refractivity contribution in [3.05, 3.63) is 60.6 Å². The van der Waals surface area contributed by atoms with Gasteiger partial charge in [0, 0.05) is 18.3 Å². The number of likely N-dealkylation sites (N-methyl/N-ethyl adjacent to an activating group) is 1. The topological polar surface area (TPSA) is 90.1 Å². The fraction of sp³-hybridized carbons (Fsp3) is 0.333. The predicted molar refractivity (Wildman–Crippen MR) is 120 cm³/mol. The van der Waals surface area contributed by atoms with E-state index in [9.17, 15) is 5.11 Å². The highest BCUT2D eigenvalue weighted by Crippen LogP contribution is 2.28. The fourth-order valence-electron chi connectivity index (χ4n) is 4.39. The Morgan fingerprint density at radius 2 is 1.87 bits per heavy atom. The predicted octanol–water partition coefficient (Wildman–Crippen LogP) is 4.48. The summed E-state index contributed by atoms with van der Waals surface area (Å²) in [4.78, 5) is 10.4. The lowest BCUT2D eigenvalue weighted by atomic mass is 9.91. The Morgan fingerprint density at radius 3 is 2.65 bits per heavy atom. The third-order valence-electron chi connectivity index (χ3n) is 6.06. The van der Waals surface area contributed by atoms with Gasteiger partial charge in [-0.2, -0.15) is 5.10 Å². The van der Waals surface area contributed by atoms with Crippen LogP contribution in [-0.2, 0) is 6.54 Å². The lowest BCUT2D eigenvalue weighted by molar-refractivity contribution is 0.0279. The van der Waals surface area contributed by atoms with E-state index in [2.05, 4.69) is 27.1 Å². The fourth-order valence-corrected chi connectivity index (χ4v) is 4.39. The number of aromatic nitrogens is 4. The van der Waals surface area contributed by atoms with Crippen molar-refractivity contribution in [3.63, 3.8) is 0 Å². The largest absolute Gasteiger partial charge is 0.457 e. The molecule has 0 saturated heterocycles. The van der Waals surface area contributed by atoms with Crippen molar-refractivity contribution in [2.75, 3.05) is 7.05 Å². The summed E-state index contributed by atoms with van der Waals surface area (Å²) in [5, 5.41) is 17.3. The number of rotatable bonds is 6. The molecule has 31 heavy (non-hydrogen) atoms. The van der Waals surface area contributed by atoms with Gasteiger partial charge in [0.25, 0.3) is 0 Å². The van der Waals surface area contributed by atoms with Crippen LogP contribution in [0.4, 0.5) is 0 Å². The van der Waals surface area contributed by atoms with Gasteiger partial charge in [0.2, 0.25) is 0 Å². The minimum atomic E-state index is -0.247. The molecule has 3 N–H and O–H groups in total. The van der Waals surface area contributed by atoms with Crippen LogP contribution in [-0.4, -0.2) is 49.4 Å². The zero-order chi connectivity index (χ0) is 21.2. The second kappa shape index (κ2) is 8.53. The molecular formula is C24H27N5O2. The molecule has 0 amide bonds. The van der Waals surface area contributed by atoms with Crippen molar-refractivity contribution in [2.45, 2.75) is 44.4 Å². The van der Waals surface area contributed by atoms with Gasteiger partial charge in [0.1, 0.15) is 17.3 Å². The van der Waals surface area contributed by atoms with Crippen LogP contribution in [0.25, 0.3) is 22.3 Å². The van der Waals surface area contributed by atoms with Gasteiger partial charge < -0.3 is 14.8 Å². The SMILES string of the molecule is CN(Cc1nc2cc(Oc3ccc(-c4ccn[nH]4)cc3)ccc2[nH]1)[C@H]1CCCC[C@@H]1O. The van der Waals surface area contributed by atoms with Crippen LogP contribution >= 0.6 is 0 Å². The zero-order valence-corrected chi connectivity index (χ0v) is 17.6. The molecule has 7 nitrogen and oxygen atoms in total. The first-order chi connectivity index (χ1) is 15.2. The zero-order valence-electron chi connectivity index (χ0n) is 17.6. The average molecular weight is 418 g/mol. The number of hydrogen-bond acceptors (Lipinski definition) is 5. The Bertz CT molecular complexity index is 1140. The van der Waals surface area contributed by atoms with E-state index in [-0.39, 0.29) is 12.1 Å². The summed E-state index contributed by atoms with van der Waals surface area (Å²) >= 11 is 0. The second-order valence-corrected chi connectivity index (χ2v) is 8.29. The highest BCUT2D eigenvalue weighted by molar-refractivity contribution is 5.77. The summed E-state index contributed by atoms with van der Waals surface area (Å²) in [6.45, 7) is 0.682. The molecule has 7 heteroatoms. The van der Waals surface area contributed by atoms with Crippen LogP contribution in [0, 0.1) is 0 Å². The Hall–Kier alpha value is -3.16. The number of imidazole rings is 1. The standard InChI is InChI=1S/C24H27N5O2/c1-29(22-4-2-3-5-23(22)30)15-24-26-20-11-10-18(14-21(20)27-24)31-17-8-6-16(7-9-17)19-12-13-25-28-19/h6-14,22-23,30H,2-5,15H2,1H3,(H,25,28)(H,26,27)/t22-,23-/m0/s1. The first-order valence-corrected chi connectivity index (χ1v) is 10.8. The van der Waals surface area contributed by atoms with Crippen molar-refractivity contribution in [1.29, 1.82) is 0 Å². The van der Waals surface area contributed by atoms with E-state index < -0.39 is 0 Å². The highest BCUT2D eigenvalue weighted by Gasteiger charge is 2.27. The highest BCUT2D eigenvalue weighted by atomic mass is 16.5. The van der Waals surface area contributed by atoms with Crippen molar-refractivity contribution in [2.24, 2.45) is 0 Å². The smallest absolute Gasteiger partial charge is 0.129 e. The molecule has 1 aliphatic rings. The van der Waals surface area contributed by atoms with E-state index in [1.165, 1.54) is 6.42 Å². The van der Waals surface area contributed by atoms with Crippen LogP contribution in [0.1, 0.15) is 31.5 Å². The van der Waals surface area contributed by atoms with Gasteiger partial charge in [0.05, 0.1) is 29.4 Å². The number of ether oxygens (including phenoxy) is 1. The van der Waals surface area contributed by atoms with Crippen molar-refractivity contribution in [3.8, 4) is 22.8 Å². The van der Waals surface area contributed by atoms with Crippen LogP contribution in [0.15, 0.2) is 54.7 Å². The molecule has 0 aliphatic heterocycles. The van der Waals surface area contributed by atoms with Crippen LogP contribution in [0.5, 0.6) is 11.5 Å². The lowest BCUT2D eigenvalue weighted by Gasteiger charge is -2.34. The molecule has 160 valence electrons. The summed E-state index contributed by atoms with van der Waals surface area (Å²) in [5.74, 6) is 2.41. The molecular weight excluding hydrogens is 390 g/mol. The number of aromatic amines is 2. The Morgan fingerprint density at radius 1 is 1.06 bits per heavy atom. The van der Waals surface area contributed by atoms with Gasteiger partial charge in [-0.15, -0.1) is 0 Å². The lowest BCUT2D eigenvalue weighted by Crippen LogP contribution is -2.43. The molecule has 2 heterocycles. The quantitative estimate of drug-likeness (QED) is 0.430.